The van der Waals surface area contributed by atoms with Gasteiger partial charge in [-0.1, -0.05) is 29.8 Å². The van der Waals surface area contributed by atoms with Gasteiger partial charge in [-0.25, -0.2) is 4.79 Å². The number of aryl methyl sites for hydroxylation is 1. The predicted octanol–water partition coefficient (Wildman–Crippen LogP) is 4.05. The minimum absolute atomic E-state index is 0.181. The molecular formula is C21H30FN3O4S. The first-order valence-corrected chi connectivity index (χ1v) is 10.9. The van der Waals surface area contributed by atoms with Gasteiger partial charge in [0, 0.05) is 32.5 Å². The molecule has 2 aliphatic heterocycles. The number of carbonyl (C=O) groups is 1. The van der Waals surface area contributed by atoms with Crippen molar-refractivity contribution >= 4 is 17.4 Å². The number of benzene rings is 1. The summed E-state index contributed by atoms with van der Waals surface area (Å²) in [5, 5.41) is 13.5. The molecule has 9 heteroatoms. The van der Waals surface area contributed by atoms with E-state index < -0.39 is 6.09 Å². The van der Waals surface area contributed by atoms with Crippen molar-refractivity contribution < 1.29 is 24.1 Å². The Bertz CT molecular complexity index is 704. The molecule has 3 heterocycles. The van der Waals surface area contributed by atoms with Crippen LogP contribution in [0.5, 0.6) is 0 Å². The Balaban J connectivity index is 0.000000166. The molecule has 0 radical (unpaired) electrons. The molecule has 0 spiro atoms. The van der Waals surface area contributed by atoms with Gasteiger partial charge in [0.2, 0.25) is 0 Å². The van der Waals surface area contributed by atoms with Gasteiger partial charge in [0.15, 0.2) is 0 Å². The Labute approximate surface area is 180 Å². The second kappa shape index (κ2) is 14.0. The van der Waals surface area contributed by atoms with E-state index >= 15 is 0 Å². The van der Waals surface area contributed by atoms with Crippen molar-refractivity contribution in [2.24, 2.45) is 5.92 Å². The second-order valence-corrected chi connectivity index (χ2v) is 8.07. The molecule has 2 aromatic rings. The SMILES string of the molecule is Cc1ccc(-c2cncs2)cc1.FOC1CCNC1.O=C(O)NCCC1CCOC1. The molecule has 2 atom stereocenters. The standard InChI is InChI=1S/C10H9NS.C7H13NO3.C4H8FNO/c1-8-2-4-9(5-3-8)10-6-11-7-12-10;9-7(10)8-3-1-6-2-4-11-5-6;5-7-4-1-2-6-3-4/h2-7H,1H3;6,8H,1-5H2,(H,9,10);4,6H,1-3H2. The number of hydrogen-bond donors (Lipinski definition) is 3. The van der Waals surface area contributed by atoms with Gasteiger partial charge in [-0.2, -0.15) is 4.94 Å². The van der Waals surface area contributed by atoms with Crippen LogP contribution in [-0.4, -0.2) is 55.1 Å². The summed E-state index contributed by atoms with van der Waals surface area (Å²) in [7, 11) is 0. The van der Waals surface area contributed by atoms with Crippen molar-refractivity contribution in [2.75, 3.05) is 32.8 Å². The fraction of sp³-hybridized carbons (Fsp3) is 0.524. The van der Waals surface area contributed by atoms with Crippen LogP contribution in [-0.2, 0) is 9.68 Å². The van der Waals surface area contributed by atoms with E-state index in [9.17, 15) is 9.32 Å². The predicted molar refractivity (Wildman–Crippen MR) is 115 cm³/mol. The van der Waals surface area contributed by atoms with Gasteiger partial charge in [-0.15, -0.1) is 11.3 Å². The van der Waals surface area contributed by atoms with E-state index in [1.54, 1.807) is 11.3 Å². The third kappa shape index (κ3) is 9.62. The summed E-state index contributed by atoms with van der Waals surface area (Å²) in [5.41, 5.74) is 4.40. The zero-order valence-corrected chi connectivity index (χ0v) is 18.0. The quantitative estimate of drug-likeness (QED) is 0.651. The second-order valence-electron chi connectivity index (χ2n) is 7.19. The summed E-state index contributed by atoms with van der Waals surface area (Å²) in [6, 6.07) is 8.50. The van der Waals surface area contributed by atoms with Crippen LogP contribution < -0.4 is 10.6 Å². The number of amides is 1. The van der Waals surface area contributed by atoms with Crippen LogP contribution in [0.3, 0.4) is 0 Å². The van der Waals surface area contributed by atoms with Crippen LogP contribution >= 0.6 is 11.3 Å². The van der Waals surface area contributed by atoms with Gasteiger partial charge in [0.25, 0.3) is 0 Å². The van der Waals surface area contributed by atoms with Crippen molar-refractivity contribution in [2.45, 2.75) is 32.3 Å². The van der Waals surface area contributed by atoms with E-state index in [0.717, 1.165) is 39.0 Å². The van der Waals surface area contributed by atoms with E-state index in [1.165, 1.54) is 16.0 Å². The highest BCUT2D eigenvalue weighted by molar-refractivity contribution is 7.13. The first kappa shape index (κ1) is 24.2. The third-order valence-electron chi connectivity index (χ3n) is 4.76. The lowest BCUT2D eigenvalue weighted by molar-refractivity contribution is -0.171. The molecule has 4 rings (SSSR count). The molecule has 2 aliphatic rings. The monoisotopic (exact) mass is 439 g/mol. The molecule has 1 amide bonds. The highest BCUT2D eigenvalue weighted by atomic mass is 32.1. The van der Waals surface area contributed by atoms with Gasteiger partial charge in [-0.05, 0) is 48.7 Å². The molecule has 0 aliphatic carbocycles. The lowest BCUT2D eigenvalue weighted by Crippen LogP contribution is -2.23. The molecule has 0 bridgehead atoms. The summed E-state index contributed by atoms with van der Waals surface area (Å²) in [5.74, 6) is 0.557. The number of ether oxygens (including phenoxy) is 1. The number of hydrogen-bond acceptors (Lipinski definition) is 6. The lowest BCUT2D eigenvalue weighted by atomic mass is 10.1. The van der Waals surface area contributed by atoms with Crippen molar-refractivity contribution in [3.05, 3.63) is 41.5 Å². The van der Waals surface area contributed by atoms with Crippen molar-refractivity contribution in [3.8, 4) is 10.4 Å². The summed E-state index contributed by atoms with van der Waals surface area (Å²) in [4.78, 5) is 18.9. The van der Waals surface area contributed by atoms with Crippen molar-refractivity contribution in [3.63, 3.8) is 0 Å². The Kier molecular flexibility index (Phi) is 11.3. The fourth-order valence-corrected chi connectivity index (χ4v) is 3.60. The summed E-state index contributed by atoms with van der Waals surface area (Å²) < 4.78 is 16.3. The summed E-state index contributed by atoms with van der Waals surface area (Å²) >= 11 is 1.67. The minimum Gasteiger partial charge on any atom is -0.465 e. The van der Waals surface area contributed by atoms with Crippen molar-refractivity contribution in [1.29, 1.82) is 0 Å². The molecule has 30 heavy (non-hydrogen) atoms. The van der Waals surface area contributed by atoms with Crippen molar-refractivity contribution in [1.82, 2.24) is 15.6 Å². The van der Waals surface area contributed by atoms with E-state index in [2.05, 4.69) is 51.7 Å². The number of carboxylic acid groups (broad SMARTS) is 1. The largest absolute Gasteiger partial charge is 0.465 e. The van der Waals surface area contributed by atoms with E-state index in [0.29, 0.717) is 19.0 Å². The molecule has 0 saturated carbocycles. The fourth-order valence-electron chi connectivity index (χ4n) is 2.97. The Morgan fingerprint density at radius 3 is 2.70 bits per heavy atom. The molecule has 2 fully saturated rings. The average Bonchev–Trinajstić information content (AvgIpc) is 3.52. The molecular weight excluding hydrogens is 409 g/mol. The number of thiazole rings is 1. The summed E-state index contributed by atoms with van der Waals surface area (Å²) in [6.07, 6.45) is 3.54. The maximum absolute atomic E-state index is 11.2. The van der Waals surface area contributed by atoms with Crippen LogP contribution in [0.4, 0.5) is 9.32 Å². The number of aromatic nitrogens is 1. The third-order valence-corrected chi connectivity index (χ3v) is 5.58. The number of nitrogens with one attached hydrogen (secondary N) is 2. The Morgan fingerprint density at radius 1 is 1.40 bits per heavy atom. The first-order chi connectivity index (χ1) is 14.6. The van der Waals surface area contributed by atoms with Gasteiger partial charge in [-0.3, -0.25) is 4.98 Å². The number of nitrogens with zero attached hydrogens (tertiary/aromatic N) is 1. The average molecular weight is 440 g/mol. The first-order valence-electron chi connectivity index (χ1n) is 10.1. The van der Waals surface area contributed by atoms with E-state index in [4.69, 9.17) is 9.84 Å². The Morgan fingerprint density at radius 2 is 2.20 bits per heavy atom. The lowest BCUT2D eigenvalue weighted by Gasteiger charge is -2.05. The van der Waals surface area contributed by atoms with Crippen LogP contribution in [0.15, 0.2) is 36.0 Å². The minimum atomic E-state index is -0.941. The van der Waals surface area contributed by atoms with Crippen LogP contribution in [0.1, 0.15) is 24.8 Å². The smallest absolute Gasteiger partial charge is 0.404 e. The van der Waals surface area contributed by atoms with Gasteiger partial charge in [0.05, 0.1) is 10.4 Å². The highest BCUT2D eigenvalue weighted by Crippen LogP contribution is 2.22. The number of rotatable bonds is 5. The van der Waals surface area contributed by atoms with Gasteiger partial charge < -0.3 is 20.5 Å². The van der Waals surface area contributed by atoms with Crippen LogP contribution in [0.25, 0.3) is 10.4 Å². The highest BCUT2D eigenvalue weighted by Gasteiger charge is 2.15. The summed E-state index contributed by atoms with van der Waals surface area (Å²) in [6.45, 7) is 5.81. The maximum atomic E-state index is 11.2. The zero-order valence-electron chi connectivity index (χ0n) is 17.2. The molecule has 1 aromatic carbocycles. The van der Waals surface area contributed by atoms with Crippen LogP contribution in [0.2, 0.25) is 0 Å². The Hall–Kier alpha value is -2.07. The topological polar surface area (TPSA) is 92.7 Å². The molecule has 7 nitrogen and oxygen atoms in total. The molecule has 3 N–H and O–H groups in total. The molecule has 1 aromatic heterocycles. The van der Waals surface area contributed by atoms with E-state index in [1.807, 2.05) is 11.7 Å². The normalized spacial score (nSPS) is 19.9. The van der Waals surface area contributed by atoms with Gasteiger partial charge in [0.1, 0.15) is 6.10 Å². The molecule has 166 valence electrons. The van der Waals surface area contributed by atoms with Crippen LogP contribution in [0, 0.1) is 12.8 Å². The molecule has 2 saturated heterocycles. The maximum Gasteiger partial charge on any atom is 0.404 e. The van der Waals surface area contributed by atoms with Gasteiger partial charge >= 0.3 is 6.09 Å². The zero-order chi connectivity index (χ0) is 21.6. The molecule has 2 unspecified atom stereocenters. The van der Waals surface area contributed by atoms with E-state index in [-0.39, 0.29) is 6.10 Å². The number of halogens is 1.